The minimum Gasteiger partial charge on any atom is -0.450 e. The standard InChI is InChI=1S/C24H45ClN2O4/c1-5-6-9-15-22(31-24(25)30)16-12-14-21(20(2)28)13-10-7-8-11-17-23(29)26-18-19-27(3)4/h21-22H,5-19H2,1-4H3,(H,26,29). The number of nitrogens with zero attached hydrogens (tertiary/aromatic N) is 1. The molecule has 0 rings (SSSR count). The number of halogens is 1. The van der Waals surface area contributed by atoms with Crippen LogP contribution in [0.2, 0.25) is 0 Å². The summed E-state index contributed by atoms with van der Waals surface area (Å²) < 4.78 is 5.23. The van der Waals surface area contributed by atoms with Crippen LogP contribution in [0.4, 0.5) is 4.79 Å². The fourth-order valence-corrected chi connectivity index (χ4v) is 3.82. The van der Waals surface area contributed by atoms with Crippen molar-refractivity contribution in [3.8, 4) is 0 Å². The van der Waals surface area contributed by atoms with Crippen LogP contribution < -0.4 is 5.32 Å². The van der Waals surface area contributed by atoms with Crippen molar-refractivity contribution in [1.82, 2.24) is 10.2 Å². The normalized spacial score (nSPS) is 13.1. The van der Waals surface area contributed by atoms with Gasteiger partial charge in [-0.25, -0.2) is 4.79 Å². The highest BCUT2D eigenvalue weighted by molar-refractivity contribution is 6.61. The number of Topliss-reactive ketones (excluding diaryl/α,β-unsaturated/α-hetero) is 1. The molecule has 0 saturated heterocycles. The molecule has 0 aromatic carbocycles. The molecular weight excluding hydrogens is 416 g/mol. The number of amides is 1. The van der Waals surface area contributed by atoms with Crippen LogP contribution in [0, 0.1) is 5.92 Å². The van der Waals surface area contributed by atoms with Crippen LogP contribution >= 0.6 is 11.6 Å². The molecule has 182 valence electrons. The van der Waals surface area contributed by atoms with Gasteiger partial charge in [-0.05, 0) is 66.0 Å². The van der Waals surface area contributed by atoms with Crippen molar-refractivity contribution in [2.45, 2.75) is 103 Å². The van der Waals surface area contributed by atoms with Crippen LogP contribution in [0.5, 0.6) is 0 Å². The van der Waals surface area contributed by atoms with Crippen molar-refractivity contribution in [3.05, 3.63) is 0 Å². The van der Waals surface area contributed by atoms with E-state index in [4.69, 9.17) is 16.3 Å². The largest absolute Gasteiger partial charge is 0.450 e. The van der Waals surface area contributed by atoms with E-state index in [0.29, 0.717) is 13.0 Å². The van der Waals surface area contributed by atoms with Gasteiger partial charge >= 0.3 is 5.43 Å². The minimum atomic E-state index is -0.740. The van der Waals surface area contributed by atoms with Crippen molar-refractivity contribution in [3.63, 3.8) is 0 Å². The second-order valence-electron chi connectivity index (χ2n) is 8.82. The highest BCUT2D eigenvalue weighted by atomic mass is 35.5. The van der Waals surface area contributed by atoms with E-state index in [1.165, 1.54) is 0 Å². The first-order valence-corrected chi connectivity index (χ1v) is 12.4. The number of nitrogens with one attached hydrogen (secondary N) is 1. The molecule has 2 atom stereocenters. The zero-order valence-corrected chi connectivity index (χ0v) is 21.0. The van der Waals surface area contributed by atoms with Gasteiger partial charge in [-0.15, -0.1) is 0 Å². The Morgan fingerprint density at radius 2 is 1.52 bits per heavy atom. The summed E-state index contributed by atoms with van der Waals surface area (Å²) in [6, 6.07) is 0. The molecule has 0 aromatic rings. The first-order chi connectivity index (χ1) is 14.8. The van der Waals surface area contributed by atoms with Gasteiger partial charge in [0, 0.05) is 37.0 Å². The third kappa shape index (κ3) is 19.3. The van der Waals surface area contributed by atoms with Gasteiger partial charge in [0.25, 0.3) is 0 Å². The Morgan fingerprint density at radius 1 is 0.903 bits per heavy atom. The van der Waals surface area contributed by atoms with Crippen molar-refractivity contribution in [1.29, 1.82) is 0 Å². The lowest BCUT2D eigenvalue weighted by Crippen LogP contribution is -2.31. The molecule has 0 fully saturated rings. The van der Waals surface area contributed by atoms with E-state index in [0.717, 1.165) is 83.6 Å². The van der Waals surface area contributed by atoms with Crippen molar-refractivity contribution in [2.75, 3.05) is 27.2 Å². The third-order valence-corrected chi connectivity index (χ3v) is 5.72. The fraction of sp³-hybridized carbons (Fsp3) is 0.875. The van der Waals surface area contributed by atoms with Gasteiger partial charge in [0.15, 0.2) is 0 Å². The monoisotopic (exact) mass is 460 g/mol. The Morgan fingerprint density at radius 3 is 2.13 bits per heavy atom. The lowest BCUT2D eigenvalue weighted by Gasteiger charge is -2.18. The molecule has 7 heteroatoms. The summed E-state index contributed by atoms with van der Waals surface area (Å²) in [6.07, 6.45) is 11.8. The fourth-order valence-electron chi connectivity index (χ4n) is 3.70. The van der Waals surface area contributed by atoms with Gasteiger partial charge in [0.1, 0.15) is 11.9 Å². The number of carbonyl (C=O) groups excluding carboxylic acids is 3. The average Bonchev–Trinajstić information content (AvgIpc) is 2.68. The maximum Gasteiger partial charge on any atom is 0.404 e. The molecule has 0 saturated carbocycles. The third-order valence-electron chi connectivity index (χ3n) is 5.63. The molecule has 0 bridgehead atoms. The van der Waals surface area contributed by atoms with Gasteiger partial charge < -0.3 is 15.0 Å². The van der Waals surface area contributed by atoms with E-state index in [1.54, 1.807) is 6.92 Å². The Bertz CT molecular complexity index is 500. The number of likely N-dealkylation sites (N-methyl/N-ethyl adjacent to an activating group) is 1. The lowest BCUT2D eigenvalue weighted by molar-refractivity contribution is -0.121. The Labute approximate surface area is 194 Å². The van der Waals surface area contributed by atoms with Crippen LogP contribution in [0.15, 0.2) is 0 Å². The maximum absolute atomic E-state index is 12.0. The topological polar surface area (TPSA) is 75.7 Å². The Balaban J connectivity index is 4.01. The van der Waals surface area contributed by atoms with E-state index in [2.05, 4.69) is 12.2 Å². The SMILES string of the molecule is CCCCCC(CCCC(CCCCCCC(=O)NCCN(C)C)C(C)=O)OC(=O)Cl. The van der Waals surface area contributed by atoms with Crippen LogP contribution in [0.1, 0.15) is 97.3 Å². The summed E-state index contributed by atoms with van der Waals surface area (Å²) in [7, 11) is 3.97. The van der Waals surface area contributed by atoms with Gasteiger partial charge in [-0.2, -0.15) is 0 Å². The van der Waals surface area contributed by atoms with Gasteiger partial charge in [0.05, 0.1) is 0 Å². The molecule has 0 heterocycles. The van der Waals surface area contributed by atoms with Crippen molar-refractivity contribution < 1.29 is 19.1 Å². The average molecular weight is 461 g/mol. The van der Waals surface area contributed by atoms with Crippen molar-refractivity contribution >= 4 is 28.7 Å². The zero-order valence-electron chi connectivity index (χ0n) is 20.2. The summed E-state index contributed by atoms with van der Waals surface area (Å²) in [5.74, 6) is 0.420. The number of unbranched alkanes of at least 4 members (excludes halogenated alkanes) is 5. The smallest absolute Gasteiger partial charge is 0.404 e. The summed E-state index contributed by atoms with van der Waals surface area (Å²) in [6.45, 7) is 5.35. The zero-order chi connectivity index (χ0) is 23.5. The molecule has 0 aliphatic rings. The highest BCUT2D eigenvalue weighted by Gasteiger charge is 2.17. The molecule has 0 aromatic heterocycles. The van der Waals surface area contributed by atoms with E-state index in [-0.39, 0.29) is 23.7 Å². The summed E-state index contributed by atoms with van der Waals surface area (Å²) >= 11 is 5.40. The highest BCUT2D eigenvalue weighted by Crippen LogP contribution is 2.21. The molecule has 0 radical (unpaired) electrons. The molecule has 0 spiro atoms. The van der Waals surface area contributed by atoms with Crippen LogP contribution in [0.3, 0.4) is 0 Å². The summed E-state index contributed by atoms with van der Waals surface area (Å²) in [5, 5.41) is 2.93. The molecule has 1 N–H and O–H groups in total. The molecule has 31 heavy (non-hydrogen) atoms. The van der Waals surface area contributed by atoms with Gasteiger partial charge in [-0.1, -0.05) is 39.0 Å². The van der Waals surface area contributed by atoms with Crippen LogP contribution in [0.25, 0.3) is 0 Å². The molecule has 1 amide bonds. The first-order valence-electron chi connectivity index (χ1n) is 12.0. The second-order valence-corrected chi connectivity index (χ2v) is 9.13. The Hall–Kier alpha value is -1.14. The van der Waals surface area contributed by atoms with Crippen molar-refractivity contribution in [2.24, 2.45) is 5.92 Å². The number of rotatable bonds is 20. The number of hydrogen-bond acceptors (Lipinski definition) is 5. The minimum absolute atomic E-state index is 0.0670. The van der Waals surface area contributed by atoms with Gasteiger partial charge in [0.2, 0.25) is 5.91 Å². The van der Waals surface area contributed by atoms with Crippen LogP contribution in [-0.4, -0.2) is 55.3 Å². The molecule has 0 aliphatic carbocycles. The first kappa shape index (κ1) is 29.9. The number of hydrogen-bond donors (Lipinski definition) is 1. The summed E-state index contributed by atoms with van der Waals surface area (Å²) in [5.41, 5.74) is -0.740. The molecule has 2 unspecified atom stereocenters. The van der Waals surface area contributed by atoms with E-state index >= 15 is 0 Å². The van der Waals surface area contributed by atoms with Gasteiger partial charge in [-0.3, -0.25) is 9.59 Å². The number of ketones is 1. The van der Waals surface area contributed by atoms with E-state index in [9.17, 15) is 14.4 Å². The van der Waals surface area contributed by atoms with Crippen LogP contribution in [-0.2, 0) is 14.3 Å². The molecule has 0 aliphatic heterocycles. The van der Waals surface area contributed by atoms with E-state index < -0.39 is 5.43 Å². The Kier molecular flexibility index (Phi) is 18.8. The maximum atomic E-state index is 12.0. The predicted octanol–water partition coefficient (Wildman–Crippen LogP) is 5.70. The quantitative estimate of drug-likeness (QED) is 0.186. The lowest BCUT2D eigenvalue weighted by atomic mass is 9.91. The summed E-state index contributed by atoms with van der Waals surface area (Å²) in [4.78, 5) is 36.9. The number of ether oxygens (including phenoxy) is 1. The van der Waals surface area contributed by atoms with E-state index in [1.807, 2.05) is 19.0 Å². The second kappa shape index (κ2) is 19.5. The molecule has 6 nitrogen and oxygen atoms in total. The molecular formula is C24H45ClN2O4. The predicted molar refractivity (Wildman–Crippen MR) is 128 cm³/mol. The number of carbonyl (C=O) groups is 3.